The van der Waals surface area contributed by atoms with Crippen LogP contribution in [-0.4, -0.2) is 42.4 Å². The molecule has 156 valence electrons. The molecule has 0 radical (unpaired) electrons. The lowest BCUT2D eigenvalue weighted by atomic mass is 9.85. The third kappa shape index (κ3) is 3.51. The standard InChI is InChI=1S/C23H24N2O5/c1-2-11-23(17-7-4-3-5-8-17)21(27)25(22(28)24-23)15-18(26)16-9-10-19-20(14-16)30-13-6-12-29-19/h3-5,7-10,14H,2,6,11-13,15H2,1H3,(H,24,28)/t23-/m0/s1. The number of imide groups is 1. The summed E-state index contributed by atoms with van der Waals surface area (Å²) in [5, 5.41) is 2.84. The SMILES string of the molecule is CCC[C@@]1(c2ccccc2)NC(=O)N(CC(=O)c2ccc3c(c2)OCCCO3)C1=O. The highest BCUT2D eigenvalue weighted by Gasteiger charge is 2.52. The van der Waals surface area contributed by atoms with E-state index in [1.54, 1.807) is 18.2 Å². The first-order valence-corrected chi connectivity index (χ1v) is 10.2. The number of carbonyl (C=O) groups excluding carboxylic acids is 3. The molecule has 1 fully saturated rings. The van der Waals surface area contributed by atoms with Gasteiger partial charge >= 0.3 is 6.03 Å². The van der Waals surface area contributed by atoms with Gasteiger partial charge in [-0.2, -0.15) is 0 Å². The summed E-state index contributed by atoms with van der Waals surface area (Å²) in [4.78, 5) is 39.9. The molecule has 0 saturated carbocycles. The minimum Gasteiger partial charge on any atom is -0.490 e. The van der Waals surface area contributed by atoms with Crippen molar-refractivity contribution in [1.82, 2.24) is 10.2 Å². The van der Waals surface area contributed by atoms with Crippen molar-refractivity contribution < 1.29 is 23.9 Å². The van der Waals surface area contributed by atoms with Crippen molar-refractivity contribution >= 4 is 17.7 Å². The minimum atomic E-state index is -1.14. The number of hydrogen-bond acceptors (Lipinski definition) is 5. The van der Waals surface area contributed by atoms with Crippen molar-refractivity contribution in [2.75, 3.05) is 19.8 Å². The van der Waals surface area contributed by atoms with E-state index in [0.29, 0.717) is 43.1 Å². The molecule has 2 aliphatic heterocycles. The Balaban J connectivity index is 1.57. The maximum Gasteiger partial charge on any atom is 0.325 e. The lowest BCUT2D eigenvalue weighted by Gasteiger charge is -2.26. The number of benzene rings is 2. The molecule has 2 aromatic rings. The van der Waals surface area contributed by atoms with Crippen LogP contribution in [0.15, 0.2) is 48.5 Å². The number of Topliss-reactive ketones (excluding diaryl/α,β-unsaturated/α-hetero) is 1. The van der Waals surface area contributed by atoms with E-state index in [4.69, 9.17) is 9.47 Å². The molecule has 4 rings (SSSR count). The second-order valence-corrected chi connectivity index (χ2v) is 7.48. The predicted molar refractivity (Wildman–Crippen MR) is 110 cm³/mol. The highest BCUT2D eigenvalue weighted by Crippen LogP contribution is 2.34. The second kappa shape index (κ2) is 8.18. The zero-order valence-electron chi connectivity index (χ0n) is 16.8. The molecule has 2 aliphatic rings. The van der Waals surface area contributed by atoms with Crippen LogP contribution < -0.4 is 14.8 Å². The van der Waals surface area contributed by atoms with Gasteiger partial charge in [-0.1, -0.05) is 43.7 Å². The maximum absolute atomic E-state index is 13.3. The fourth-order valence-electron chi connectivity index (χ4n) is 3.95. The van der Waals surface area contributed by atoms with E-state index in [1.165, 1.54) is 0 Å². The number of hydrogen-bond donors (Lipinski definition) is 1. The summed E-state index contributed by atoms with van der Waals surface area (Å²) in [5.74, 6) is 0.350. The Morgan fingerprint density at radius 3 is 2.53 bits per heavy atom. The van der Waals surface area contributed by atoms with Crippen LogP contribution in [0.1, 0.15) is 42.1 Å². The van der Waals surface area contributed by atoms with Crippen LogP contribution in [0.4, 0.5) is 4.79 Å². The first kappa shape index (κ1) is 19.9. The molecule has 30 heavy (non-hydrogen) atoms. The fourth-order valence-corrected chi connectivity index (χ4v) is 3.95. The maximum atomic E-state index is 13.3. The molecule has 7 nitrogen and oxygen atoms in total. The van der Waals surface area contributed by atoms with E-state index in [-0.39, 0.29) is 12.3 Å². The van der Waals surface area contributed by atoms with E-state index >= 15 is 0 Å². The lowest BCUT2D eigenvalue weighted by molar-refractivity contribution is -0.131. The summed E-state index contributed by atoms with van der Waals surface area (Å²) < 4.78 is 11.2. The number of ether oxygens (including phenoxy) is 2. The van der Waals surface area contributed by atoms with Crippen LogP contribution in [0.2, 0.25) is 0 Å². The van der Waals surface area contributed by atoms with E-state index in [9.17, 15) is 14.4 Å². The molecule has 7 heteroatoms. The third-order valence-electron chi connectivity index (χ3n) is 5.44. The largest absolute Gasteiger partial charge is 0.490 e. The monoisotopic (exact) mass is 408 g/mol. The van der Waals surface area contributed by atoms with Gasteiger partial charge in [-0.05, 0) is 30.2 Å². The van der Waals surface area contributed by atoms with Gasteiger partial charge in [0.2, 0.25) is 0 Å². The summed E-state index contributed by atoms with van der Waals surface area (Å²) in [6.45, 7) is 2.69. The number of fused-ring (bicyclic) bond motifs is 1. The van der Waals surface area contributed by atoms with Crippen molar-refractivity contribution in [1.29, 1.82) is 0 Å². The van der Waals surface area contributed by atoms with E-state index in [0.717, 1.165) is 16.9 Å². The normalized spacial score (nSPS) is 20.6. The molecular weight excluding hydrogens is 384 g/mol. The molecule has 2 aromatic carbocycles. The van der Waals surface area contributed by atoms with Gasteiger partial charge in [0.05, 0.1) is 19.8 Å². The van der Waals surface area contributed by atoms with Gasteiger partial charge in [0, 0.05) is 12.0 Å². The number of nitrogens with zero attached hydrogens (tertiary/aromatic N) is 1. The van der Waals surface area contributed by atoms with E-state index < -0.39 is 17.5 Å². The van der Waals surface area contributed by atoms with Crippen molar-refractivity contribution in [3.8, 4) is 11.5 Å². The number of carbonyl (C=O) groups is 3. The van der Waals surface area contributed by atoms with E-state index in [2.05, 4.69) is 5.32 Å². The summed E-state index contributed by atoms with van der Waals surface area (Å²) in [5.41, 5.74) is -0.0544. The fraction of sp³-hybridized carbons (Fsp3) is 0.348. The molecule has 3 amide bonds. The molecular formula is C23H24N2O5. The number of amides is 3. The van der Waals surface area contributed by atoms with Gasteiger partial charge in [0.25, 0.3) is 5.91 Å². The molecule has 0 bridgehead atoms. The van der Waals surface area contributed by atoms with Crippen LogP contribution in [0.25, 0.3) is 0 Å². The summed E-state index contributed by atoms with van der Waals surface area (Å²) in [7, 11) is 0. The molecule has 0 aromatic heterocycles. The average Bonchev–Trinajstić information content (AvgIpc) is 2.92. The minimum absolute atomic E-state index is 0.331. The van der Waals surface area contributed by atoms with Gasteiger partial charge in [0.15, 0.2) is 17.3 Å². The second-order valence-electron chi connectivity index (χ2n) is 7.48. The van der Waals surface area contributed by atoms with Gasteiger partial charge < -0.3 is 14.8 Å². The highest BCUT2D eigenvalue weighted by atomic mass is 16.5. The van der Waals surface area contributed by atoms with Gasteiger partial charge in [-0.25, -0.2) is 4.79 Å². The topological polar surface area (TPSA) is 84.9 Å². The Bertz CT molecular complexity index is 975. The lowest BCUT2D eigenvalue weighted by Crippen LogP contribution is -2.44. The Hall–Kier alpha value is -3.35. The van der Waals surface area contributed by atoms with Crippen molar-refractivity contribution in [3.05, 3.63) is 59.7 Å². The number of urea groups is 1. The summed E-state index contributed by atoms with van der Waals surface area (Å²) in [6, 6.07) is 13.5. The smallest absolute Gasteiger partial charge is 0.325 e. The van der Waals surface area contributed by atoms with Crippen LogP contribution in [-0.2, 0) is 10.3 Å². The number of rotatable bonds is 6. The Kier molecular flexibility index (Phi) is 5.44. The number of ketones is 1. The molecule has 1 saturated heterocycles. The molecule has 0 unspecified atom stereocenters. The Morgan fingerprint density at radius 2 is 1.80 bits per heavy atom. The zero-order valence-corrected chi connectivity index (χ0v) is 16.8. The molecule has 2 heterocycles. The van der Waals surface area contributed by atoms with Crippen LogP contribution >= 0.6 is 0 Å². The number of nitrogens with one attached hydrogen (secondary N) is 1. The average molecular weight is 408 g/mol. The predicted octanol–water partition coefficient (Wildman–Crippen LogP) is 3.28. The first-order chi connectivity index (χ1) is 14.5. The van der Waals surface area contributed by atoms with Gasteiger partial charge in [-0.3, -0.25) is 14.5 Å². The highest BCUT2D eigenvalue weighted by molar-refractivity contribution is 6.11. The van der Waals surface area contributed by atoms with Crippen LogP contribution in [0.3, 0.4) is 0 Å². The molecule has 1 N–H and O–H groups in total. The van der Waals surface area contributed by atoms with Gasteiger partial charge in [-0.15, -0.1) is 0 Å². The van der Waals surface area contributed by atoms with Crippen molar-refractivity contribution in [3.63, 3.8) is 0 Å². The van der Waals surface area contributed by atoms with E-state index in [1.807, 2.05) is 37.3 Å². The molecule has 0 spiro atoms. The first-order valence-electron chi connectivity index (χ1n) is 10.2. The molecule has 1 atom stereocenters. The Labute approximate surface area is 175 Å². The quantitative estimate of drug-likeness (QED) is 0.586. The van der Waals surface area contributed by atoms with Crippen LogP contribution in [0.5, 0.6) is 11.5 Å². The Morgan fingerprint density at radius 1 is 1.07 bits per heavy atom. The third-order valence-corrected chi connectivity index (χ3v) is 5.44. The summed E-state index contributed by atoms with van der Waals surface area (Å²) in [6.07, 6.45) is 1.92. The zero-order chi connectivity index (χ0) is 21.1. The van der Waals surface area contributed by atoms with Gasteiger partial charge in [0.1, 0.15) is 5.54 Å². The van der Waals surface area contributed by atoms with Crippen molar-refractivity contribution in [2.45, 2.75) is 31.7 Å². The van der Waals surface area contributed by atoms with Crippen molar-refractivity contribution in [2.24, 2.45) is 0 Å². The molecule has 0 aliphatic carbocycles. The van der Waals surface area contributed by atoms with Crippen LogP contribution in [0, 0.1) is 0 Å². The summed E-state index contributed by atoms with van der Waals surface area (Å²) >= 11 is 0.